The van der Waals surface area contributed by atoms with Gasteiger partial charge in [0.05, 0.1) is 6.61 Å². The topological polar surface area (TPSA) is 175 Å². The SMILES string of the molecule is CC/C=C\C/C=C\C/C=C\C/C=C\CCCCCCCCC(=O)OCC(COC1OC(C(=O)O)C(O)C(O)C1OC(=O)CCCCCCCCCCCCC)OC(=O)CCCCCCCC/C=C\C/C=C\C/C=C\CCCCC. The summed E-state index contributed by atoms with van der Waals surface area (Å²) in [5.41, 5.74) is 0. The van der Waals surface area contributed by atoms with Gasteiger partial charge in [0.25, 0.3) is 0 Å². The summed E-state index contributed by atoms with van der Waals surface area (Å²) in [4.78, 5) is 51.2. The van der Waals surface area contributed by atoms with Crippen molar-refractivity contribution < 1.29 is 58.2 Å². The van der Waals surface area contributed by atoms with E-state index < -0.39 is 67.3 Å². The van der Waals surface area contributed by atoms with E-state index in [0.717, 1.165) is 141 Å². The summed E-state index contributed by atoms with van der Waals surface area (Å²) in [6, 6.07) is 0. The molecule has 0 spiro atoms. The van der Waals surface area contributed by atoms with Crippen LogP contribution < -0.4 is 0 Å². The van der Waals surface area contributed by atoms with Crippen LogP contribution in [-0.4, -0.2) is 89.2 Å². The standard InChI is InChI=1S/C67H112O12/c1-4-7-10-13-16-19-22-24-26-28-30-32-34-36-39-41-44-47-50-53-59(68)75-56-58(77-60(69)54-51-48-45-43-40-37-35-33-31-29-27-25-23-20-17-14-11-8-5-2)57-76-67-65(63(72)62(71)64(79-67)66(73)74)78-61(70)55-52-49-46-42-38-21-18-15-12-9-6-3/h7,10,16-17,19-20,24-27,30-33,58,62-65,67,71-72H,4-6,8-9,11-15,18,21-23,28-29,34-57H2,1-3H3,(H,73,74)/b10-7-,19-16-,20-17-,26-24-,27-25-,32-30-,33-31-. The smallest absolute Gasteiger partial charge is 0.335 e. The van der Waals surface area contributed by atoms with E-state index in [4.69, 9.17) is 23.7 Å². The maximum absolute atomic E-state index is 13.2. The highest BCUT2D eigenvalue weighted by Crippen LogP contribution is 2.26. The number of carbonyl (C=O) groups is 4. The molecule has 0 aromatic rings. The molecule has 6 unspecified atom stereocenters. The molecule has 1 aliphatic rings. The Morgan fingerprint density at radius 3 is 1.24 bits per heavy atom. The molecule has 1 heterocycles. The number of rotatable bonds is 53. The van der Waals surface area contributed by atoms with Gasteiger partial charge in [0, 0.05) is 19.3 Å². The Labute approximate surface area is 480 Å². The van der Waals surface area contributed by atoms with Crippen molar-refractivity contribution >= 4 is 23.9 Å². The monoisotopic (exact) mass is 1110 g/mol. The van der Waals surface area contributed by atoms with E-state index in [2.05, 4.69) is 106 Å². The Bertz CT molecular complexity index is 1700. The summed E-state index contributed by atoms with van der Waals surface area (Å²) in [5, 5.41) is 31.5. The van der Waals surface area contributed by atoms with Crippen LogP contribution in [-0.2, 0) is 42.9 Å². The van der Waals surface area contributed by atoms with Gasteiger partial charge >= 0.3 is 23.9 Å². The van der Waals surface area contributed by atoms with Gasteiger partial charge in [-0.3, -0.25) is 14.4 Å². The first-order valence-corrected chi connectivity index (χ1v) is 31.6. The van der Waals surface area contributed by atoms with Crippen molar-refractivity contribution in [2.45, 2.75) is 302 Å². The van der Waals surface area contributed by atoms with Crippen LogP contribution in [0.15, 0.2) is 85.1 Å². The zero-order valence-corrected chi connectivity index (χ0v) is 49.8. The summed E-state index contributed by atoms with van der Waals surface area (Å²) in [6.07, 6.45) is 58.3. The predicted molar refractivity (Wildman–Crippen MR) is 321 cm³/mol. The number of aliphatic hydroxyl groups excluding tert-OH is 2. The van der Waals surface area contributed by atoms with Crippen molar-refractivity contribution in [3.63, 3.8) is 0 Å². The van der Waals surface area contributed by atoms with Crippen molar-refractivity contribution in [3.8, 4) is 0 Å². The number of carbonyl (C=O) groups excluding carboxylic acids is 3. The van der Waals surface area contributed by atoms with Crippen LogP contribution in [0, 0.1) is 0 Å². The van der Waals surface area contributed by atoms with Crippen LogP contribution in [0.25, 0.3) is 0 Å². The molecule has 452 valence electrons. The molecule has 0 aliphatic carbocycles. The van der Waals surface area contributed by atoms with Crippen molar-refractivity contribution in [1.29, 1.82) is 0 Å². The van der Waals surface area contributed by atoms with Gasteiger partial charge in [-0.2, -0.15) is 0 Å². The van der Waals surface area contributed by atoms with Gasteiger partial charge in [-0.1, -0.05) is 234 Å². The molecule has 0 aromatic carbocycles. The lowest BCUT2D eigenvalue weighted by Crippen LogP contribution is -2.61. The lowest BCUT2D eigenvalue weighted by molar-refractivity contribution is -0.301. The molecule has 1 aliphatic heterocycles. The number of carboxylic acids is 1. The molecule has 0 aromatic heterocycles. The van der Waals surface area contributed by atoms with Gasteiger partial charge < -0.3 is 39.0 Å². The van der Waals surface area contributed by atoms with Crippen molar-refractivity contribution in [3.05, 3.63) is 85.1 Å². The summed E-state index contributed by atoms with van der Waals surface area (Å²) in [6.45, 7) is 5.83. The molecule has 0 amide bonds. The Morgan fingerprint density at radius 1 is 0.430 bits per heavy atom. The van der Waals surface area contributed by atoms with Crippen LogP contribution in [0.3, 0.4) is 0 Å². The molecule has 0 saturated carbocycles. The number of unbranched alkanes of at least 4 members (excludes halogenated alkanes) is 25. The van der Waals surface area contributed by atoms with E-state index in [1.54, 1.807) is 0 Å². The zero-order chi connectivity index (χ0) is 57.5. The number of esters is 3. The Morgan fingerprint density at radius 2 is 0.797 bits per heavy atom. The molecule has 79 heavy (non-hydrogen) atoms. The number of aliphatic carboxylic acids is 1. The number of allylic oxidation sites excluding steroid dienone is 14. The summed E-state index contributed by atoms with van der Waals surface area (Å²) in [5.74, 6) is -3.15. The van der Waals surface area contributed by atoms with E-state index in [-0.39, 0.29) is 25.9 Å². The third-order valence-electron chi connectivity index (χ3n) is 14.0. The van der Waals surface area contributed by atoms with E-state index >= 15 is 0 Å². The van der Waals surface area contributed by atoms with E-state index in [0.29, 0.717) is 19.3 Å². The number of aliphatic hydroxyl groups is 2. The fourth-order valence-electron chi connectivity index (χ4n) is 9.13. The van der Waals surface area contributed by atoms with Crippen molar-refractivity contribution in [1.82, 2.24) is 0 Å². The van der Waals surface area contributed by atoms with Crippen LogP contribution in [0.2, 0.25) is 0 Å². The second kappa shape index (κ2) is 54.5. The van der Waals surface area contributed by atoms with Crippen molar-refractivity contribution in [2.24, 2.45) is 0 Å². The molecule has 12 heteroatoms. The lowest BCUT2D eigenvalue weighted by atomic mass is 9.98. The van der Waals surface area contributed by atoms with Gasteiger partial charge in [-0.15, -0.1) is 0 Å². The first-order chi connectivity index (χ1) is 38.6. The zero-order valence-electron chi connectivity index (χ0n) is 49.8. The first-order valence-electron chi connectivity index (χ1n) is 31.6. The maximum atomic E-state index is 13.2. The number of carboxylic acid groups (broad SMARTS) is 1. The second-order valence-corrected chi connectivity index (χ2v) is 21.3. The minimum absolute atomic E-state index is 0.0571. The minimum Gasteiger partial charge on any atom is -0.479 e. The summed E-state index contributed by atoms with van der Waals surface area (Å²) < 4.78 is 28.5. The van der Waals surface area contributed by atoms with Gasteiger partial charge in [0.2, 0.25) is 0 Å². The highest BCUT2D eigenvalue weighted by molar-refractivity contribution is 5.74. The molecular formula is C67H112O12. The Balaban J connectivity index is 2.68. The molecule has 0 radical (unpaired) electrons. The van der Waals surface area contributed by atoms with Gasteiger partial charge in [0.1, 0.15) is 18.8 Å². The maximum Gasteiger partial charge on any atom is 0.335 e. The average molecular weight is 1110 g/mol. The van der Waals surface area contributed by atoms with Gasteiger partial charge in [-0.05, 0) is 96.3 Å². The van der Waals surface area contributed by atoms with Crippen molar-refractivity contribution in [2.75, 3.05) is 13.2 Å². The molecule has 1 rings (SSSR count). The fourth-order valence-corrected chi connectivity index (χ4v) is 9.13. The molecule has 3 N–H and O–H groups in total. The third-order valence-corrected chi connectivity index (χ3v) is 14.0. The van der Waals surface area contributed by atoms with Crippen LogP contribution in [0.4, 0.5) is 0 Å². The summed E-state index contributed by atoms with van der Waals surface area (Å²) >= 11 is 0. The Kier molecular flexibility index (Phi) is 50.3. The normalized spacial score (nSPS) is 18.4. The molecule has 6 atom stereocenters. The first kappa shape index (κ1) is 72.9. The lowest BCUT2D eigenvalue weighted by Gasteiger charge is -2.40. The van der Waals surface area contributed by atoms with E-state index in [1.807, 2.05) is 0 Å². The third kappa shape index (κ3) is 44.3. The number of hydrogen-bond donors (Lipinski definition) is 3. The molecular weight excluding hydrogens is 997 g/mol. The molecule has 0 bridgehead atoms. The van der Waals surface area contributed by atoms with E-state index in [1.165, 1.54) is 64.2 Å². The number of ether oxygens (including phenoxy) is 5. The van der Waals surface area contributed by atoms with Crippen LogP contribution in [0.1, 0.15) is 265 Å². The largest absolute Gasteiger partial charge is 0.479 e. The highest BCUT2D eigenvalue weighted by Gasteiger charge is 2.50. The number of hydrogen-bond acceptors (Lipinski definition) is 11. The second-order valence-electron chi connectivity index (χ2n) is 21.3. The van der Waals surface area contributed by atoms with E-state index in [9.17, 15) is 34.5 Å². The fraction of sp³-hybridized carbons (Fsp3) is 0.731. The van der Waals surface area contributed by atoms with Gasteiger partial charge in [0.15, 0.2) is 24.6 Å². The quantitative estimate of drug-likeness (QED) is 0.0228. The van der Waals surface area contributed by atoms with Gasteiger partial charge in [-0.25, -0.2) is 4.79 Å². The molecule has 1 fully saturated rings. The average Bonchev–Trinajstić information content (AvgIpc) is 3.47. The van der Waals surface area contributed by atoms with Crippen LogP contribution in [0.5, 0.6) is 0 Å². The molecule has 12 nitrogen and oxygen atoms in total. The summed E-state index contributed by atoms with van der Waals surface area (Å²) in [7, 11) is 0. The Hall–Kier alpha value is -4.10. The highest BCUT2D eigenvalue weighted by atomic mass is 16.7. The molecule has 1 saturated heterocycles. The predicted octanol–water partition coefficient (Wildman–Crippen LogP) is 16.7. The minimum atomic E-state index is -1.91. The van der Waals surface area contributed by atoms with Crippen LogP contribution >= 0.6 is 0 Å².